The maximum absolute atomic E-state index is 14.4. The molecule has 1 unspecified atom stereocenters. The average Bonchev–Trinajstić information content (AvgIpc) is 3.14. The van der Waals surface area contributed by atoms with Gasteiger partial charge in [-0.15, -0.1) is 0 Å². The van der Waals surface area contributed by atoms with Crippen molar-refractivity contribution in [2.75, 3.05) is 22.2 Å². The molecule has 0 saturated carbocycles. The van der Waals surface area contributed by atoms with E-state index in [2.05, 4.69) is 5.32 Å². The summed E-state index contributed by atoms with van der Waals surface area (Å²) in [6, 6.07) is 12.7. The summed E-state index contributed by atoms with van der Waals surface area (Å²) in [5, 5.41) is 2.93. The van der Waals surface area contributed by atoms with Crippen LogP contribution in [0.4, 0.5) is 39.0 Å². The molecule has 2 N–H and O–H groups in total. The van der Waals surface area contributed by atoms with Crippen molar-refractivity contribution >= 4 is 46.2 Å². The first-order valence-corrected chi connectivity index (χ1v) is 11.6. The van der Waals surface area contributed by atoms with Gasteiger partial charge in [-0.25, -0.2) is 27.0 Å². The zero-order valence-electron chi connectivity index (χ0n) is 19.6. The SMILES string of the molecule is CCOc1ccc(NC(=O)CC2C(=O)N(c3ccccc3)C(=S)N2Nc2c(F)c(F)c(F)c(F)c2F)cc1. The summed E-state index contributed by atoms with van der Waals surface area (Å²) in [6.07, 6.45) is -0.585. The Hall–Kier alpha value is -4.26. The van der Waals surface area contributed by atoms with Crippen LogP contribution in [0.2, 0.25) is 0 Å². The van der Waals surface area contributed by atoms with Gasteiger partial charge in [-0.2, -0.15) is 0 Å². The van der Waals surface area contributed by atoms with E-state index < -0.39 is 59.1 Å². The van der Waals surface area contributed by atoms with Gasteiger partial charge in [0.05, 0.1) is 18.7 Å². The van der Waals surface area contributed by atoms with E-state index in [9.17, 15) is 31.5 Å². The fourth-order valence-electron chi connectivity index (χ4n) is 3.73. The molecule has 1 heterocycles. The first-order valence-electron chi connectivity index (χ1n) is 11.2. The Morgan fingerprint density at radius 2 is 1.50 bits per heavy atom. The number of rotatable bonds is 8. The molecule has 1 aliphatic heterocycles. The topological polar surface area (TPSA) is 73.9 Å². The van der Waals surface area contributed by atoms with E-state index in [-0.39, 0.29) is 10.8 Å². The Labute approximate surface area is 218 Å². The lowest BCUT2D eigenvalue weighted by Crippen LogP contribution is -2.42. The molecule has 1 saturated heterocycles. The maximum Gasteiger partial charge on any atom is 0.258 e. The molecule has 1 aliphatic rings. The van der Waals surface area contributed by atoms with Crippen LogP contribution < -0.4 is 20.4 Å². The Balaban J connectivity index is 1.65. The predicted molar refractivity (Wildman–Crippen MR) is 133 cm³/mol. The van der Waals surface area contributed by atoms with Crippen LogP contribution in [-0.4, -0.2) is 34.6 Å². The summed E-state index contributed by atoms with van der Waals surface area (Å²) in [4.78, 5) is 27.2. The van der Waals surface area contributed by atoms with Crippen molar-refractivity contribution < 1.29 is 36.3 Å². The number of amides is 2. The lowest BCUT2D eigenvalue weighted by molar-refractivity contribution is -0.124. The normalized spacial score (nSPS) is 15.2. The highest BCUT2D eigenvalue weighted by molar-refractivity contribution is 7.80. The lowest BCUT2D eigenvalue weighted by Gasteiger charge is -2.26. The molecule has 198 valence electrons. The third-order valence-corrected chi connectivity index (χ3v) is 5.88. The van der Waals surface area contributed by atoms with Crippen molar-refractivity contribution in [1.29, 1.82) is 0 Å². The molecule has 3 aromatic carbocycles. The number of hydrogen-bond donors (Lipinski definition) is 2. The number of hydrogen-bond acceptors (Lipinski definition) is 5. The Morgan fingerprint density at radius 1 is 0.921 bits per heavy atom. The molecule has 0 radical (unpaired) electrons. The summed E-state index contributed by atoms with van der Waals surface area (Å²) >= 11 is 5.31. The number of anilines is 3. The van der Waals surface area contributed by atoms with E-state index >= 15 is 0 Å². The first-order chi connectivity index (χ1) is 18.1. The zero-order chi connectivity index (χ0) is 27.6. The van der Waals surface area contributed by atoms with Gasteiger partial charge in [0.1, 0.15) is 17.5 Å². The van der Waals surface area contributed by atoms with Crippen LogP contribution >= 0.6 is 12.2 Å². The number of carbonyl (C=O) groups excluding carboxylic acids is 2. The van der Waals surface area contributed by atoms with Gasteiger partial charge in [0.15, 0.2) is 23.3 Å². The van der Waals surface area contributed by atoms with Crippen molar-refractivity contribution in [3.05, 3.63) is 83.7 Å². The van der Waals surface area contributed by atoms with Gasteiger partial charge in [0.25, 0.3) is 5.91 Å². The molecule has 1 fully saturated rings. The number of carbonyl (C=O) groups is 2. The standard InChI is InChI=1S/C25H19F5N4O3S/c1-2-37-15-10-8-13(9-11-15)31-17(35)12-16-24(36)33(14-6-4-3-5-7-14)25(38)34(16)32-23-21(29)19(27)18(26)20(28)22(23)30/h3-11,16,32H,2,12H2,1H3,(H,31,35). The number of thiocarbonyl (C=S) groups is 1. The molecule has 0 aromatic heterocycles. The number of benzene rings is 3. The summed E-state index contributed by atoms with van der Waals surface area (Å²) in [7, 11) is 0. The molecule has 4 rings (SSSR count). The number of halogens is 5. The van der Waals surface area contributed by atoms with Crippen LogP contribution in [0.3, 0.4) is 0 Å². The molecule has 38 heavy (non-hydrogen) atoms. The number of nitrogens with zero attached hydrogens (tertiary/aromatic N) is 2. The van der Waals surface area contributed by atoms with Crippen LogP contribution in [0, 0.1) is 29.1 Å². The summed E-state index contributed by atoms with van der Waals surface area (Å²) in [5.41, 5.74) is 1.25. The molecule has 0 aliphatic carbocycles. The van der Waals surface area contributed by atoms with E-state index in [0.717, 1.165) is 9.91 Å². The molecule has 3 aromatic rings. The Kier molecular flexibility index (Phi) is 7.76. The molecule has 7 nitrogen and oxygen atoms in total. The van der Waals surface area contributed by atoms with Crippen LogP contribution in [0.5, 0.6) is 5.75 Å². The van der Waals surface area contributed by atoms with Gasteiger partial charge in [-0.1, -0.05) is 18.2 Å². The van der Waals surface area contributed by atoms with Crippen molar-refractivity contribution in [1.82, 2.24) is 5.01 Å². The number of nitrogens with one attached hydrogen (secondary N) is 2. The fraction of sp³-hybridized carbons (Fsp3) is 0.160. The van der Waals surface area contributed by atoms with Crippen LogP contribution in [-0.2, 0) is 9.59 Å². The summed E-state index contributed by atoms with van der Waals surface area (Å²) in [6.45, 7) is 2.25. The van der Waals surface area contributed by atoms with Crippen molar-refractivity contribution in [2.45, 2.75) is 19.4 Å². The molecule has 2 amide bonds. The van der Waals surface area contributed by atoms with Gasteiger partial charge < -0.3 is 10.1 Å². The van der Waals surface area contributed by atoms with Gasteiger partial charge in [-0.3, -0.25) is 19.9 Å². The van der Waals surface area contributed by atoms with Gasteiger partial charge in [0, 0.05) is 5.69 Å². The molecule has 0 bridgehead atoms. The second-order valence-corrected chi connectivity index (χ2v) is 8.31. The summed E-state index contributed by atoms with van der Waals surface area (Å²) < 4.78 is 75.4. The van der Waals surface area contributed by atoms with Crippen LogP contribution in [0.1, 0.15) is 13.3 Å². The highest BCUT2D eigenvalue weighted by atomic mass is 32.1. The predicted octanol–water partition coefficient (Wildman–Crippen LogP) is 5.14. The maximum atomic E-state index is 14.4. The van der Waals surface area contributed by atoms with Crippen LogP contribution in [0.15, 0.2) is 54.6 Å². The molecule has 13 heteroatoms. The lowest BCUT2D eigenvalue weighted by atomic mass is 10.1. The molecule has 0 spiro atoms. The monoisotopic (exact) mass is 550 g/mol. The highest BCUT2D eigenvalue weighted by Crippen LogP contribution is 2.32. The molecular weight excluding hydrogens is 531 g/mol. The van der Waals surface area contributed by atoms with E-state index in [1.807, 2.05) is 12.3 Å². The fourth-order valence-corrected chi connectivity index (χ4v) is 4.09. The zero-order valence-corrected chi connectivity index (χ0v) is 20.4. The van der Waals surface area contributed by atoms with Crippen LogP contribution in [0.25, 0.3) is 0 Å². The van der Waals surface area contributed by atoms with E-state index in [1.165, 1.54) is 12.1 Å². The Morgan fingerprint density at radius 3 is 2.08 bits per heavy atom. The Bertz CT molecular complexity index is 1360. The average molecular weight is 551 g/mol. The van der Waals surface area contributed by atoms with Crippen molar-refractivity contribution in [2.24, 2.45) is 0 Å². The number of para-hydroxylation sites is 1. The number of ether oxygens (including phenoxy) is 1. The highest BCUT2D eigenvalue weighted by Gasteiger charge is 2.45. The minimum Gasteiger partial charge on any atom is -0.494 e. The van der Waals surface area contributed by atoms with Gasteiger partial charge in [-0.05, 0) is 55.5 Å². The summed E-state index contributed by atoms with van der Waals surface area (Å²) in [5.74, 6) is -11.9. The third kappa shape index (κ3) is 5.09. The number of hydrazine groups is 1. The van der Waals surface area contributed by atoms with Crippen molar-refractivity contribution in [3.8, 4) is 5.75 Å². The van der Waals surface area contributed by atoms with E-state index in [1.54, 1.807) is 42.5 Å². The second kappa shape index (κ2) is 11.0. The van der Waals surface area contributed by atoms with Crippen molar-refractivity contribution in [3.63, 3.8) is 0 Å². The van der Waals surface area contributed by atoms with E-state index in [4.69, 9.17) is 17.0 Å². The quantitative estimate of drug-likeness (QED) is 0.175. The van der Waals surface area contributed by atoms with Gasteiger partial charge in [0.2, 0.25) is 16.8 Å². The smallest absolute Gasteiger partial charge is 0.258 e. The molecular formula is C25H19F5N4O3S. The minimum absolute atomic E-state index is 0.265. The largest absolute Gasteiger partial charge is 0.494 e. The minimum atomic E-state index is -2.34. The first kappa shape index (κ1) is 26.8. The second-order valence-electron chi connectivity index (χ2n) is 7.94. The third-order valence-electron chi connectivity index (χ3n) is 5.50. The molecule has 1 atom stereocenters. The van der Waals surface area contributed by atoms with E-state index in [0.29, 0.717) is 18.0 Å². The van der Waals surface area contributed by atoms with Gasteiger partial charge >= 0.3 is 0 Å².